The minimum absolute atomic E-state index is 0.0623. The van der Waals surface area contributed by atoms with E-state index in [0.717, 1.165) is 37.1 Å². The van der Waals surface area contributed by atoms with Gasteiger partial charge in [-0.25, -0.2) is 4.79 Å². The van der Waals surface area contributed by atoms with E-state index in [1.165, 1.54) is 24.0 Å². The number of nitrogens with one attached hydrogen (secondary N) is 1. The summed E-state index contributed by atoms with van der Waals surface area (Å²) < 4.78 is 0. The van der Waals surface area contributed by atoms with E-state index >= 15 is 0 Å². The number of amides is 2. The van der Waals surface area contributed by atoms with Crippen LogP contribution in [-0.2, 0) is 6.42 Å². The van der Waals surface area contributed by atoms with Crippen LogP contribution in [0.4, 0.5) is 10.5 Å². The minimum Gasteiger partial charge on any atom is -0.335 e. The Bertz CT molecular complexity index is 708. The van der Waals surface area contributed by atoms with Crippen LogP contribution in [0.3, 0.4) is 0 Å². The molecule has 4 heteroatoms. The van der Waals surface area contributed by atoms with Crippen LogP contribution in [0.1, 0.15) is 31.2 Å². The van der Waals surface area contributed by atoms with Gasteiger partial charge in [0.2, 0.25) is 0 Å². The van der Waals surface area contributed by atoms with Crippen LogP contribution in [0.2, 0.25) is 0 Å². The van der Waals surface area contributed by atoms with Gasteiger partial charge in [0.05, 0.1) is 0 Å². The summed E-state index contributed by atoms with van der Waals surface area (Å²) in [6.45, 7) is 0.772. The average Bonchev–Trinajstić information content (AvgIpc) is 3.24. The molecule has 0 unspecified atom stereocenters. The number of aromatic nitrogens is 1. The maximum atomic E-state index is 12.5. The number of fused-ring (bicyclic) bond motifs is 1. The van der Waals surface area contributed by atoms with Gasteiger partial charge in [0, 0.05) is 30.7 Å². The van der Waals surface area contributed by atoms with Gasteiger partial charge in [-0.1, -0.05) is 18.9 Å². The molecule has 1 fully saturated rings. The molecule has 1 aliphatic heterocycles. The summed E-state index contributed by atoms with van der Waals surface area (Å²) in [5, 5.41) is 3.19. The number of nitrogens with zero attached hydrogens (tertiary/aromatic N) is 2. The summed E-state index contributed by atoms with van der Waals surface area (Å²) in [6, 6.07) is 10.8. The van der Waals surface area contributed by atoms with Gasteiger partial charge in [-0.15, -0.1) is 0 Å². The molecule has 1 aromatic heterocycles. The quantitative estimate of drug-likeness (QED) is 0.918. The summed E-state index contributed by atoms with van der Waals surface area (Å²) in [5.41, 5.74) is 4.65. The van der Waals surface area contributed by atoms with Gasteiger partial charge in [0.1, 0.15) is 0 Å². The molecule has 2 amide bonds. The highest BCUT2D eigenvalue weighted by molar-refractivity contribution is 5.95. The summed E-state index contributed by atoms with van der Waals surface area (Å²) in [7, 11) is 0. The van der Waals surface area contributed by atoms with Crippen LogP contribution < -0.4 is 10.2 Å². The fraction of sp³-hybridized carbons (Fsp3) is 0.368. The summed E-state index contributed by atoms with van der Waals surface area (Å²) in [6.07, 6.45) is 9.24. The Morgan fingerprint density at radius 3 is 2.65 bits per heavy atom. The third-order valence-corrected chi connectivity index (χ3v) is 4.92. The Labute approximate surface area is 136 Å². The molecule has 1 N–H and O–H groups in total. The van der Waals surface area contributed by atoms with Crippen molar-refractivity contribution in [1.29, 1.82) is 0 Å². The fourth-order valence-electron chi connectivity index (χ4n) is 3.66. The van der Waals surface area contributed by atoms with E-state index < -0.39 is 0 Å². The van der Waals surface area contributed by atoms with Crippen molar-refractivity contribution in [2.45, 2.75) is 38.1 Å². The molecule has 2 aromatic rings. The van der Waals surface area contributed by atoms with Crippen molar-refractivity contribution in [2.24, 2.45) is 0 Å². The molecule has 118 valence electrons. The van der Waals surface area contributed by atoms with Crippen molar-refractivity contribution in [3.63, 3.8) is 0 Å². The zero-order valence-corrected chi connectivity index (χ0v) is 13.2. The van der Waals surface area contributed by atoms with Crippen molar-refractivity contribution in [3.8, 4) is 11.1 Å². The molecular weight excluding hydrogens is 286 g/mol. The van der Waals surface area contributed by atoms with Crippen molar-refractivity contribution in [2.75, 3.05) is 11.4 Å². The molecule has 2 aliphatic rings. The van der Waals surface area contributed by atoms with Gasteiger partial charge in [0.25, 0.3) is 0 Å². The standard InChI is InChI=1S/C19H21N3O/c23-19(21-17-3-1-2-4-17)22-12-9-16-13-15(5-6-18(16)22)14-7-10-20-11-8-14/h5-8,10-11,13,17H,1-4,9,12H2,(H,21,23). The first-order chi connectivity index (χ1) is 11.3. The Balaban J connectivity index is 1.54. The van der Waals surface area contributed by atoms with Crippen LogP contribution in [0.25, 0.3) is 11.1 Å². The summed E-state index contributed by atoms with van der Waals surface area (Å²) in [5.74, 6) is 0. The van der Waals surface area contributed by atoms with Crippen LogP contribution in [-0.4, -0.2) is 23.6 Å². The molecule has 4 nitrogen and oxygen atoms in total. The number of rotatable bonds is 2. The molecule has 4 rings (SSSR count). The van der Waals surface area contributed by atoms with Crippen LogP contribution in [0.15, 0.2) is 42.7 Å². The molecule has 0 atom stereocenters. The first-order valence-electron chi connectivity index (χ1n) is 8.42. The van der Waals surface area contributed by atoms with E-state index in [9.17, 15) is 4.79 Å². The fourth-order valence-corrected chi connectivity index (χ4v) is 3.66. The lowest BCUT2D eigenvalue weighted by molar-refractivity contribution is 0.243. The lowest BCUT2D eigenvalue weighted by atomic mass is 10.0. The third kappa shape index (κ3) is 2.81. The molecule has 1 aromatic carbocycles. The van der Waals surface area contributed by atoms with E-state index in [1.807, 2.05) is 29.4 Å². The van der Waals surface area contributed by atoms with E-state index in [-0.39, 0.29) is 6.03 Å². The highest BCUT2D eigenvalue weighted by Crippen LogP contribution is 2.32. The van der Waals surface area contributed by atoms with Crippen molar-refractivity contribution in [1.82, 2.24) is 10.3 Å². The second-order valence-electron chi connectivity index (χ2n) is 6.41. The smallest absolute Gasteiger partial charge is 0.322 e. The summed E-state index contributed by atoms with van der Waals surface area (Å²) in [4.78, 5) is 18.5. The predicted octanol–water partition coefficient (Wildman–Crippen LogP) is 3.76. The molecule has 1 aliphatic carbocycles. The van der Waals surface area contributed by atoms with Crippen molar-refractivity contribution in [3.05, 3.63) is 48.3 Å². The van der Waals surface area contributed by atoms with Gasteiger partial charge < -0.3 is 5.32 Å². The topological polar surface area (TPSA) is 45.2 Å². The SMILES string of the molecule is O=C(NC1CCCC1)N1CCc2cc(-c3ccncc3)ccc21. The second-order valence-corrected chi connectivity index (χ2v) is 6.41. The molecule has 0 spiro atoms. The Morgan fingerprint density at radius 2 is 1.87 bits per heavy atom. The highest BCUT2D eigenvalue weighted by atomic mass is 16.2. The number of pyridine rings is 1. The number of hydrogen-bond donors (Lipinski definition) is 1. The van der Waals surface area contributed by atoms with Gasteiger partial charge in [-0.05, 0) is 60.2 Å². The molecule has 0 radical (unpaired) electrons. The zero-order chi connectivity index (χ0) is 15.6. The first-order valence-corrected chi connectivity index (χ1v) is 8.42. The molecule has 1 saturated carbocycles. The van der Waals surface area contributed by atoms with Gasteiger partial charge in [0.15, 0.2) is 0 Å². The van der Waals surface area contributed by atoms with E-state index in [4.69, 9.17) is 0 Å². The third-order valence-electron chi connectivity index (χ3n) is 4.92. The minimum atomic E-state index is 0.0623. The predicted molar refractivity (Wildman–Crippen MR) is 91.5 cm³/mol. The highest BCUT2D eigenvalue weighted by Gasteiger charge is 2.27. The largest absolute Gasteiger partial charge is 0.335 e. The van der Waals surface area contributed by atoms with Crippen molar-refractivity contribution < 1.29 is 4.79 Å². The van der Waals surface area contributed by atoms with Gasteiger partial charge in [-0.3, -0.25) is 9.88 Å². The molecular formula is C19H21N3O. The number of carbonyl (C=O) groups excluding carboxylic acids is 1. The maximum Gasteiger partial charge on any atom is 0.322 e. The maximum absolute atomic E-state index is 12.5. The first kappa shape index (κ1) is 14.2. The molecule has 23 heavy (non-hydrogen) atoms. The van der Waals surface area contributed by atoms with Gasteiger partial charge in [-0.2, -0.15) is 0 Å². The summed E-state index contributed by atoms with van der Waals surface area (Å²) >= 11 is 0. The number of anilines is 1. The Hall–Kier alpha value is -2.36. The van der Waals surface area contributed by atoms with Crippen LogP contribution in [0.5, 0.6) is 0 Å². The lowest BCUT2D eigenvalue weighted by Gasteiger charge is -2.21. The molecule has 2 heterocycles. The second kappa shape index (κ2) is 6.03. The number of urea groups is 1. The molecule has 0 bridgehead atoms. The number of hydrogen-bond acceptors (Lipinski definition) is 2. The van der Waals surface area contributed by atoms with Crippen molar-refractivity contribution >= 4 is 11.7 Å². The van der Waals surface area contributed by atoms with E-state index in [2.05, 4.69) is 28.5 Å². The zero-order valence-electron chi connectivity index (χ0n) is 13.2. The van der Waals surface area contributed by atoms with Crippen LogP contribution in [0, 0.1) is 0 Å². The van der Waals surface area contributed by atoms with E-state index in [0.29, 0.717) is 6.04 Å². The van der Waals surface area contributed by atoms with Gasteiger partial charge >= 0.3 is 6.03 Å². The lowest BCUT2D eigenvalue weighted by Crippen LogP contribution is -2.43. The van der Waals surface area contributed by atoms with Crippen LogP contribution >= 0.6 is 0 Å². The average molecular weight is 307 g/mol. The number of carbonyl (C=O) groups is 1. The monoisotopic (exact) mass is 307 g/mol. The molecule has 0 saturated heterocycles. The Kier molecular flexibility index (Phi) is 3.74. The van der Waals surface area contributed by atoms with E-state index in [1.54, 1.807) is 0 Å². The number of benzene rings is 1. The normalized spacial score (nSPS) is 17.3. The Morgan fingerprint density at radius 1 is 1.09 bits per heavy atom.